The number of carboxylic acids is 1. The van der Waals surface area contributed by atoms with E-state index < -0.39 is 5.97 Å². The Morgan fingerprint density at radius 1 is 1.31 bits per heavy atom. The van der Waals surface area contributed by atoms with Crippen LogP contribution in [0.3, 0.4) is 0 Å². The molecular formula is C12H25NO3. The summed E-state index contributed by atoms with van der Waals surface area (Å²) in [6, 6.07) is 0. The molecule has 0 heterocycles. The van der Waals surface area contributed by atoms with Gasteiger partial charge in [0.2, 0.25) is 0 Å². The second-order valence-electron chi connectivity index (χ2n) is 4.54. The lowest BCUT2D eigenvalue weighted by atomic mass is 10.2. The predicted octanol–water partition coefficient (Wildman–Crippen LogP) is 1.85. The van der Waals surface area contributed by atoms with Gasteiger partial charge in [0.25, 0.3) is 0 Å². The second-order valence-corrected chi connectivity index (χ2v) is 4.54. The third-order valence-electron chi connectivity index (χ3n) is 2.35. The largest absolute Gasteiger partial charge is 0.481 e. The van der Waals surface area contributed by atoms with Crippen LogP contribution in [0.25, 0.3) is 0 Å². The van der Waals surface area contributed by atoms with Crippen molar-refractivity contribution in [1.82, 2.24) is 4.90 Å². The molecule has 0 spiro atoms. The summed E-state index contributed by atoms with van der Waals surface area (Å²) in [6.07, 6.45) is 1.99. The van der Waals surface area contributed by atoms with Crippen LogP contribution in [0, 0.1) is 5.92 Å². The van der Waals surface area contributed by atoms with Crippen LogP contribution in [-0.4, -0.2) is 49.3 Å². The monoisotopic (exact) mass is 231 g/mol. The fourth-order valence-corrected chi connectivity index (χ4v) is 1.64. The van der Waals surface area contributed by atoms with Gasteiger partial charge < -0.3 is 14.7 Å². The zero-order chi connectivity index (χ0) is 12.4. The Balaban J connectivity index is 3.68. The van der Waals surface area contributed by atoms with Gasteiger partial charge in [-0.1, -0.05) is 13.8 Å². The topological polar surface area (TPSA) is 49.8 Å². The van der Waals surface area contributed by atoms with E-state index in [-0.39, 0.29) is 6.42 Å². The van der Waals surface area contributed by atoms with Crippen molar-refractivity contribution < 1.29 is 14.6 Å². The van der Waals surface area contributed by atoms with Crippen LogP contribution in [0.4, 0.5) is 0 Å². The molecule has 0 atom stereocenters. The van der Waals surface area contributed by atoms with Crippen molar-refractivity contribution in [2.45, 2.75) is 33.1 Å². The molecule has 0 aliphatic carbocycles. The summed E-state index contributed by atoms with van der Waals surface area (Å²) in [7, 11) is 1.71. The van der Waals surface area contributed by atoms with Crippen molar-refractivity contribution in [2.75, 3.05) is 33.4 Å². The van der Waals surface area contributed by atoms with E-state index in [0.29, 0.717) is 5.92 Å². The fraction of sp³-hybridized carbons (Fsp3) is 0.917. The number of nitrogens with zero attached hydrogens (tertiary/aromatic N) is 1. The molecular weight excluding hydrogens is 206 g/mol. The van der Waals surface area contributed by atoms with E-state index in [1.54, 1.807) is 7.11 Å². The number of methoxy groups -OCH3 is 1. The molecule has 16 heavy (non-hydrogen) atoms. The van der Waals surface area contributed by atoms with E-state index in [4.69, 9.17) is 9.84 Å². The molecule has 0 bridgehead atoms. The fourth-order valence-electron chi connectivity index (χ4n) is 1.64. The third-order valence-corrected chi connectivity index (χ3v) is 2.35. The minimum Gasteiger partial charge on any atom is -0.481 e. The smallest absolute Gasteiger partial charge is 0.303 e. The van der Waals surface area contributed by atoms with Gasteiger partial charge in [0.1, 0.15) is 0 Å². The quantitative estimate of drug-likeness (QED) is 0.583. The van der Waals surface area contributed by atoms with E-state index in [1.165, 1.54) is 0 Å². The van der Waals surface area contributed by atoms with Gasteiger partial charge in [-0.05, 0) is 25.3 Å². The second kappa shape index (κ2) is 9.60. The minimum absolute atomic E-state index is 0.278. The van der Waals surface area contributed by atoms with Gasteiger partial charge in [-0.2, -0.15) is 0 Å². The van der Waals surface area contributed by atoms with Crippen LogP contribution >= 0.6 is 0 Å². The van der Waals surface area contributed by atoms with Crippen molar-refractivity contribution in [1.29, 1.82) is 0 Å². The summed E-state index contributed by atoms with van der Waals surface area (Å²) in [6.45, 7) is 8.08. The van der Waals surface area contributed by atoms with Crippen LogP contribution in [0.2, 0.25) is 0 Å². The lowest BCUT2D eigenvalue weighted by molar-refractivity contribution is -0.137. The molecule has 4 heteroatoms. The molecule has 0 saturated carbocycles. The summed E-state index contributed by atoms with van der Waals surface area (Å²) in [5, 5.41) is 8.53. The maximum absolute atomic E-state index is 10.4. The summed E-state index contributed by atoms with van der Waals surface area (Å²) < 4.78 is 5.06. The predicted molar refractivity (Wildman–Crippen MR) is 64.6 cm³/mol. The standard InChI is InChI=1S/C12H25NO3/c1-11(2)10-13(8-9-16-3)7-5-4-6-12(14)15/h11H,4-10H2,1-3H3,(H,14,15). The van der Waals surface area contributed by atoms with E-state index in [0.717, 1.165) is 39.1 Å². The lowest BCUT2D eigenvalue weighted by Gasteiger charge is -2.23. The first-order valence-corrected chi connectivity index (χ1v) is 5.99. The number of hydrogen-bond donors (Lipinski definition) is 1. The van der Waals surface area contributed by atoms with Crippen molar-refractivity contribution in [3.05, 3.63) is 0 Å². The molecule has 0 amide bonds. The minimum atomic E-state index is -0.702. The SMILES string of the molecule is COCCN(CCCCC(=O)O)CC(C)C. The highest BCUT2D eigenvalue weighted by Gasteiger charge is 2.07. The molecule has 0 aromatic heterocycles. The lowest BCUT2D eigenvalue weighted by Crippen LogP contribution is -2.32. The first kappa shape index (κ1) is 15.4. The number of unbranched alkanes of at least 4 members (excludes halogenated alkanes) is 1. The summed E-state index contributed by atoms with van der Waals surface area (Å²) in [5.74, 6) is -0.0661. The number of rotatable bonds is 10. The van der Waals surface area contributed by atoms with Gasteiger partial charge in [0, 0.05) is 26.6 Å². The molecule has 0 radical (unpaired) electrons. The third kappa shape index (κ3) is 9.93. The Bertz CT molecular complexity index is 183. The number of carboxylic acid groups (broad SMARTS) is 1. The number of hydrogen-bond acceptors (Lipinski definition) is 3. The number of carbonyl (C=O) groups is 1. The molecule has 0 aromatic carbocycles. The van der Waals surface area contributed by atoms with Gasteiger partial charge in [-0.25, -0.2) is 0 Å². The molecule has 0 aliphatic heterocycles. The molecule has 4 nitrogen and oxygen atoms in total. The van der Waals surface area contributed by atoms with Gasteiger partial charge in [0.15, 0.2) is 0 Å². The van der Waals surface area contributed by atoms with Crippen molar-refractivity contribution in [2.24, 2.45) is 5.92 Å². The van der Waals surface area contributed by atoms with E-state index in [2.05, 4.69) is 18.7 Å². The Labute approximate surface area is 98.6 Å². The normalized spacial score (nSPS) is 11.3. The molecule has 0 aromatic rings. The average molecular weight is 231 g/mol. The highest BCUT2D eigenvalue weighted by molar-refractivity contribution is 5.66. The summed E-state index contributed by atoms with van der Waals surface area (Å²) in [5.41, 5.74) is 0. The zero-order valence-corrected chi connectivity index (χ0v) is 10.7. The van der Waals surface area contributed by atoms with Crippen LogP contribution in [-0.2, 0) is 9.53 Å². The zero-order valence-electron chi connectivity index (χ0n) is 10.7. The maximum Gasteiger partial charge on any atom is 0.303 e. The molecule has 0 aliphatic rings. The van der Waals surface area contributed by atoms with E-state index in [9.17, 15) is 4.79 Å². The molecule has 0 fully saturated rings. The Morgan fingerprint density at radius 3 is 2.50 bits per heavy atom. The number of aliphatic carboxylic acids is 1. The van der Waals surface area contributed by atoms with Crippen LogP contribution in [0.5, 0.6) is 0 Å². The van der Waals surface area contributed by atoms with Crippen molar-refractivity contribution in [3.8, 4) is 0 Å². The first-order chi connectivity index (χ1) is 7.56. The van der Waals surface area contributed by atoms with Crippen molar-refractivity contribution >= 4 is 5.97 Å². The average Bonchev–Trinajstić information content (AvgIpc) is 2.19. The molecule has 96 valence electrons. The Morgan fingerprint density at radius 2 is 2.00 bits per heavy atom. The maximum atomic E-state index is 10.4. The van der Waals surface area contributed by atoms with Gasteiger partial charge in [-0.15, -0.1) is 0 Å². The van der Waals surface area contributed by atoms with E-state index >= 15 is 0 Å². The summed E-state index contributed by atoms with van der Waals surface area (Å²) >= 11 is 0. The van der Waals surface area contributed by atoms with Crippen LogP contribution in [0.1, 0.15) is 33.1 Å². The van der Waals surface area contributed by atoms with E-state index in [1.807, 2.05) is 0 Å². The summed E-state index contributed by atoms with van der Waals surface area (Å²) in [4.78, 5) is 12.7. The van der Waals surface area contributed by atoms with Crippen molar-refractivity contribution in [3.63, 3.8) is 0 Å². The molecule has 0 saturated heterocycles. The Hall–Kier alpha value is -0.610. The highest BCUT2D eigenvalue weighted by Crippen LogP contribution is 2.03. The molecule has 1 N–H and O–H groups in total. The van der Waals surface area contributed by atoms with Crippen LogP contribution < -0.4 is 0 Å². The van der Waals surface area contributed by atoms with Gasteiger partial charge in [-0.3, -0.25) is 4.79 Å². The van der Waals surface area contributed by atoms with Crippen LogP contribution in [0.15, 0.2) is 0 Å². The molecule has 0 rings (SSSR count). The molecule has 0 unspecified atom stereocenters. The van der Waals surface area contributed by atoms with Gasteiger partial charge >= 0.3 is 5.97 Å². The Kier molecular flexibility index (Phi) is 9.24. The number of ether oxygens (including phenoxy) is 1. The first-order valence-electron chi connectivity index (χ1n) is 5.99. The highest BCUT2D eigenvalue weighted by atomic mass is 16.5. The van der Waals surface area contributed by atoms with Gasteiger partial charge in [0.05, 0.1) is 6.61 Å².